The molecule has 4 nitrogen and oxygen atoms in total. The fraction of sp³-hybridized carbons (Fsp3) is 0.222. The number of rotatable bonds is 7. The van der Waals surface area contributed by atoms with Gasteiger partial charge in [-0.2, -0.15) is 0 Å². The van der Waals surface area contributed by atoms with Crippen LogP contribution in [0.3, 0.4) is 0 Å². The average molecular weight is 515 g/mol. The molecule has 0 saturated heterocycles. The quantitative estimate of drug-likeness (QED) is 0.271. The van der Waals surface area contributed by atoms with Crippen LogP contribution in [-0.4, -0.2) is 27.0 Å². The number of hydrogen-bond acceptors (Lipinski definition) is 4. The van der Waals surface area contributed by atoms with Gasteiger partial charge in [-0.1, -0.05) is 113 Å². The standard InChI is InChI=1S/C27H22Cl3NO3/c1-18-12-14-20(15-13-18)22(16-23(32)27(28,29)30)26(17-19-8-4-2-5-9-19)25(33)34-24(31-26)21-10-6-3-7-11-21/h2-15,22H,16-17H2,1H3/t22-,26+/m1/s1. The second-order valence-corrected chi connectivity index (χ2v) is 10.6. The van der Waals surface area contributed by atoms with E-state index < -0.39 is 27.0 Å². The fourth-order valence-corrected chi connectivity index (χ4v) is 4.39. The van der Waals surface area contributed by atoms with Crippen molar-refractivity contribution in [2.75, 3.05) is 0 Å². The lowest BCUT2D eigenvalue weighted by Gasteiger charge is -2.32. The van der Waals surface area contributed by atoms with Crippen LogP contribution in [0.4, 0.5) is 0 Å². The molecule has 0 aromatic heterocycles. The monoisotopic (exact) mass is 513 g/mol. The van der Waals surface area contributed by atoms with Crippen LogP contribution in [0.15, 0.2) is 89.9 Å². The Morgan fingerprint density at radius 2 is 1.53 bits per heavy atom. The van der Waals surface area contributed by atoms with Crippen LogP contribution >= 0.6 is 34.8 Å². The number of aliphatic imine (C=N–C) groups is 1. The van der Waals surface area contributed by atoms with Gasteiger partial charge in [-0.25, -0.2) is 9.79 Å². The minimum atomic E-state index is -2.12. The topological polar surface area (TPSA) is 55.7 Å². The van der Waals surface area contributed by atoms with Crippen LogP contribution in [0, 0.1) is 6.92 Å². The lowest BCUT2D eigenvalue weighted by atomic mass is 9.73. The first-order valence-electron chi connectivity index (χ1n) is 10.8. The van der Waals surface area contributed by atoms with Crippen molar-refractivity contribution in [3.05, 3.63) is 107 Å². The van der Waals surface area contributed by atoms with Gasteiger partial charge in [-0.15, -0.1) is 0 Å². The van der Waals surface area contributed by atoms with Gasteiger partial charge >= 0.3 is 5.97 Å². The fourth-order valence-electron chi connectivity index (χ4n) is 4.15. The van der Waals surface area contributed by atoms with Crippen molar-refractivity contribution in [2.45, 2.75) is 35.0 Å². The maximum atomic E-state index is 13.7. The molecule has 0 bridgehead atoms. The molecule has 1 heterocycles. The second-order valence-electron chi connectivity index (χ2n) is 8.35. The third-order valence-corrected chi connectivity index (χ3v) is 6.58. The molecule has 1 aliphatic rings. The van der Waals surface area contributed by atoms with E-state index in [9.17, 15) is 9.59 Å². The highest BCUT2D eigenvalue weighted by atomic mass is 35.6. The molecule has 3 aromatic carbocycles. The number of cyclic esters (lactones) is 1. The van der Waals surface area contributed by atoms with Crippen molar-refractivity contribution < 1.29 is 14.3 Å². The number of hydrogen-bond donors (Lipinski definition) is 0. The summed E-state index contributed by atoms with van der Waals surface area (Å²) in [6, 6.07) is 26.3. The second kappa shape index (κ2) is 9.91. The molecule has 0 N–H and O–H groups in total. The Kier molecular flexibility index (Phi) is 7.13. The number of aryl methyl sites for hydroxylation is 1. The van der Waals surface area contributed by atoms with Crippen molar-refractivity contribution in [3.8, 4) is 0 Å². The van der Waals surface area contributed by atoms with Crippen molar-refractivity contribution >= 4 is 52.5 Å². The third-order valence-electron chi connectivity index (χ3n) is 5.94. The van der Waals surface area contributed by atoms with Crippen molar-refractivity contribution in [1.82, 2.24) is 0 Å². The molecule has 34 heavy (non-hydrogen) atoms. The highest BCUT2D eigenvalue weighted by Crippen LogP contribution is 2.44. The minimum absolute atomic E-state index is 0.201. The van der Waals surface area contributed by atoms with Crippen LogP contribution in [0.1, 0.15) is 34.6 Å². The number of halogens is 3. The Morgan fingerprint density at radius 3 is 2.12 bits per heavy atom. The summed E-state index contributed by atoms with van der Waals surface area (Å²) < 4.78 is 3.61. The first-order chi connectivity index (χ1) is 16.2. The Bertz CT molecular complexity index is 1210. The van der Waals surface area contributed by atoms with Gasteiger partial charge in [0.25, 0.3) is 0 Å². The molecule has 0 unspecified atom stereocenters. The molecular weight excluding hydrogens is 493 g/mol. The maximum absolute atomic E-state index is 13.7. The first kappa shape index (κ1) is 24.5. The molecule has 3 aromatic rings. The Balaban J connectivity index is 1.89. The summed E-state index contributed by atoms with van der Waals surface area (Å²) in [5.41, 5.74) is 1.89. The number of alkyl halides is 3. The Labute approximate surface area is 213 Å². The van der Waals surface area contributed by atoms with Crippen LogP contribution in [-0.2, 0) is 20.7 Å². The molecule has 7 heteroatoms. The van der Waals surface area contributed by atoms with Crippen LogP contribution in [0.5, 0.6) is 0 Å². The normalized spacial score (nSPS) is 18.8. The molecule has 0 fully saturated rings. The van der Waals surface area contributed by atoms with Gasteiger partial charge in [0.2, 0.25) is 9.69 Å². The molecule has 0 amide bonds. The van der Waals surface area contributed by atoms with E-state index in [1.54, 1.807) is 0 Å². The molecule has 2 atom stereocenters. The van der Waals surface area contributed by atoms with Crippen LogP contribution < -0.4 is 0 Å². The predicted molar refractivity (Wildman–Crippen MR) is 136 cm³/mol. The lowest BCUT2D eigenvalue weighted by molar-refractivity contribution is -0.140. The molecule has 1 aliphatic heterocycles. The van der Waals surface area contributed by atoms with E-state index in [0.29, 0.717) is 5.56 Å². The summed E-state index contributed by atoms with van der Waals surface area (Å²) >= 11 is 17.8. The van der Waals surface area contributed by atoms with Gasteiger partial charge in [-0.3, -0.25) is 4.79 Å². The number of ether oxygens (including phenoxy) is 1. The number of carbonyl (C=O) groups is 2. The van der Waals surface area contributed by atoms with E-state index in [0.717, 1.165) is 16.7 Å². The minimum Gasteiger partial charge on any atom is -0.405 e. The number of benzene rings is 3. The number of Topliss-reactive ketones (excluding diaryl/α,β-unsaturated/α-hetero) is 1. The highest BCUT2D eigenvalue weighted by Gasteiger charge is 2.54. The maximum Gasteiger partial charge on any atom is 0.341 e. The number of carbonyl (C=O) groups excluding carboxylic acids is 2. The number of nitrogens with zero attached hydrogens (tertiary/aromatic N) is 1. The summed E-state index contributed by atoms with van der Waals surface area (Å²) in [5.74, 6) is -1.67. The SMILES string of the molecule is Cc1ccc([C@@H](CC(=O)C(Cl)(Cl)Cl)[C@]2(Cc3ccccc3)N=C(c3ccccc3)OC2=O)cc1. The van der Waals surface area contributed by atoms with Gasteiger partial charge in [0.1, 0.15) is 0 Å². The van der Waals surface area contributed by atoms with Gasteiger partial charge in [0.05, 0.1) is 0 Å². The van der Waals surface area contributed by atoms with Gasteiger partial charge < -0.3 is 4.74 Å². The van der Waals surface area contributed by atoms with Gasteiger partial charge in [0, 0.05) is 24.3 Å². The van der Waals surface area contributed by atoms with E-state index in [4.69, 9.17) is 44.5 Å². The molecule has 0 spiro atoms. The zero-order valence-corrected chi connectivity index (χ0v) is 20.6. The van der Waals surface area contributed by atoms with Crippen molar-refractivity contribution in [2.24, 2.45) is 4.99 Å². The summed E-state index contributed by atoms with van der Waals surface area (Å²) in [6.45, 7) is 1.96. The van der Waals surface area contributed by atoms with E-state index in [-0.39, 0.29) is 18.7 Å². The molecule has 0 radical (unpaired) electrons. The van der Waals surface area contributed by atoms with Crippen molar-refractivity contribution in [3.63, 3.8) is 0 Å². The lowest BCUT2D eigenvalue weighted by Crippen LogP contribution is -2.44. The molecular formula is C27H22Cl3NO3. The van der Waals surface area contributed by atoms with Crippen LogP contribution in [0.25, 0.3) is 0 Å². The average Bonchev–Trinajstić information content (AvgIpc) is 3.15. The molecule has 0 aliphatic carbocycles. The zero-order valence-electron chi connectivity index (χ0n) is 18.4. The molecule has 174 valence electrons. The molecule has 4 rings (SSSR count). The van der Waals surface area contributed by atoms with Crippen molar-refractivity contribution in [1.29, 1.82) is 0 Å². The van der Waals surface area contributed by atoms with Crippen LogP contribution in [0.2, 0.25) is 0 Å². The van der Waals surface area contributed by atoms with E-state index >= 15 is 0 Å². The molecule has 0 saturated carbocycles. The summed E-state index contributed by atoms with van der Waals surface area (Å²) in [5, 5.41) is 0. The number of ketones is 1. The summed E-state index contributed by atoms with van der Waals surface area (Å²) in [4.78, 5) is 31.4. The van der Waals surface area contributed by atoms with E-state index in [1.165, 1.54) is 0 Å². The third kappa shape index (κ3) is 5.20. The first-order valence-corrected chi connectivity index (χ1v) is 11.9. The van der Waals surface area contributed by atoms with E-state index in [2.05, 4.69) is 0 Å². The van der Waals surface area contributed by atoms with E-state index in [1.807, 2.05) is 91.9 Å². The Hall–Kier alpha value is -2.66. The summed E-state index contributed by atoms with van der Waals surface area (Å²) in [6.07, 6.45) is 0.0156. The smallest absolute Gasteiger partial charge is 0.341 e. The highest BCUT2D eigenvalue weighted by molar-refractivity contribution is 6.76. The van der Waals surface area contributed by atoms with Gasteiger partial charge in [-0.05, 0) is 30.2 Å². The largest absolute Gasteiger partial charge is 0.405 e. The zero-order chi connectivity index (χ0) is 24.3. The van der Waals surface area contributed by atoms with Gasteiger partial charge in [0.15, 0.2) is 11.3 Å². The summed E-state index contributed by atoms with van der Waals surface area (Å²) in [7, 11) is 0. The number of esters is 1. The predicted octanol–water partition coefficient (Wildman–Crippen LogP) is 6.39. The Morgan fingerprint density at radius 1 is 0.941 bits per heavy atom.